The van der Waals surface area contributed by atoms with Gasteiger partial charge < -0.3 is 9.47 Å². The molecule has 5 rings (SSSR count). The van der Waals surface area contributed by atoms with Gasteiger partial charge in [-0.05, 0) is 86.4 Å². The molecule has 7 atom stereocenters. The molecule has 0 aromatic heterocycles. The maximum atomic E-state index is 12.7. The van der Waals surface area contributed by atoms with Crippen molar-refractivity contribution in [3.63, 3.8) is 0 Å². The van der Waals surface area contributed by atoms with Gasteiger partial charge in [-0.1, -0.05) is 20.3 Å². The van der Waals surface area contributed by atoms with Crippen molar-refractivity contribution in [1.82, 2.24) is 0 Å². The van der Waals surface area contributed by atoms with Crippen LogP contribution in [-0.4, -0.2) is 25.3 Å². The van der Waals surface area contributed by atoms with Crippen molar-refractivity contribution in [2.24, 2.45) is 33.5 Å². The van der Waals surface area contributed by atoms with Gasteiger partial charge in [-0.2, -0.15) is 0 Å². The zero-order valence-corrected chi connectivity index (χ0v) is 16.5. The summed E-state index contributed by atoms with van der Waals surface area (Å²) in [5.41, 5.74) is 1.11. The van der Waals surface area contributed by atoms with Crippen LogP contribution >= 0.6 is 0 Å². The molecule has 3 heteroatoms. The maximum absolute atomic E-state index is 12.7. The predicted octanol–water partition coefficient (Wildman–Crippen LogP) is 4.73. The second-order valence-electron chi connectivity index (χ2n) is 11.0. The zero-order valence-electron chi connectivity index (χ0n) is 16.5. The third kappa shape index (κ3) is 1.79. The second kappa shape index (κ2) is 4.64. The fourth-order valence-corrected chi connectivity index (χ4v) is 8.92. The molecule has 0 aromatic rings. The van der Waals surface area contributed by atoms with E-state index >= 15 is 0 Å². The number of carbonyl (C=O) groups is 1. The Morgan fingerprint density at radius 1 is 1.00 bits per heavy atom. The van der Waals surface area contributed by atoms with Crippen LogP contribution in [0.4, 0.5) is 0 Å². The first-order chi connectivity index (χ1) is 11.7. The topological polar surface area (TPSA) is 38.8 Å². The summed E-state index contributed by atoms with van der Waals surface area (Å²) in [7, 11) is 1.57. The quantitative estimate of drug-likeness (QED) is 0.509. The highest BCUT2D eigenvalue weighted by Gasteiger charge is 2.75. The van der Waals surface area contributed by atoms with Crippen molar-refractivity contribution >= 4 is 5.97 Å². The third-order valence-electron chi connectivity index (χ3n) is 10.1. The van der Waals surface area contributed by atoms with Crippen molar-refractivity contribution < 1.29 is 14.3 Å². The standard InChI is InChI=1S/C22H34O3/c1-18-10-6-16-19(2)8-5-9-20(3,17(23)24-4)15(19)7-11-21(16,12-18)13-22(18)14-25-22/h15-16H,5-14H2,1-4H3/t15?,16?,18-,19+,20+,21?,22?/m0/s1. The molecule has 2 bridgehead atoms. The molecule has 0 amide bonds. The van der Waals surface area contributed by atoms with Crippen molar-refractivity contribution in [1.29, 1.82) is 0 Å². The average molecular weight is 347 g/mol. The van der Waals surface area contributed by atoms with E-state index in [-0.39, 0.29) is 17.0 Å². The van der Waals surface area contributed by atoms with E-state index in [2.05, 4.69) is 20.8 Å². The van der Waals surface area contributed by atoms with Gasteiger partial charge >= 0.3 is 5.97 Å². The van der Waals surface area contributed by atoms with E-state index < -0.39 is 0 Å². The van der Waals surface area contributed by atoms with Crippen molar-refractivity contribution in [3.8, 4) is 0 Å². The molecule has 140 valence electrons. The highest BCUT2D eigenvalue weighted by molar-refractivity contribution is 5.77. The molecule has 0 radical (unpaired) electrons. The van der Waals surface area contributed by atoms with Crippen molar-refractivity contribution in [3.05, 3.63) is 0 Å². The molecule has 2 spiro atoms. The Morgan fingerprint density at radius 2 is 1.72 bits per heavy atom. The summed E-state index contributed by atoms with van der Waals surface area (Å²) in [6.45, 7) is 8.23. The van der Waals surface area contributed by atoms with Crippen LogP contribution in [0.2, 0.25) is 0 Å². The maximum Gasteiger partial charge on any atom is 0.311 e. The van der Waals surface area contributed by atoms with E-state index in [1.165, 1.54) is 51.4 Å². The minimum absolute atomic E-state index is 0.0356. The lowest BCUT2D eigenvalue weighted by molar-refractivity contribution is -0.185. The largest absolute Gasteiger partial charge is 0.469 e. The van der Waals surface area contributed by atoms with E-state index in [1.807, 2.05) is 0 Å². The number of ether oxygens (including phenoxy) is 2. The molecule has 4 unspecified atom stereocenters. The van der Waals surface area contributed by atoms with Crippen molar-refractivity contribution in [2.45, 2.75) is 84.2 Å². The summed E-state index contributed by atoms with van der Waals surface area (Å²) in [6, 6.07) is 0. The third-order valence-corrected chi connectivity index (χ3v) is 10.1. The van der Waals surface area contributed by atoms with Gasteiger partial charge in [-0.15, -0.1) is 0 Å². The fourth-order valence-electron chi connectivity index (χ4n) is 8.92. The lowest BCUT2D eigenvalue weighted by atomic mass is 9.40. The van der Waals surface area contributed by atoms with E-state index in [0.29, 0.717) is 22.2 Å². The van der Waals surface area contributed by atoms with Gasteiger partial charge in [0.05, 0.1) is 24.7 Å². The Bertz CT molecular complexity index is 621. The van der Waals surface area contributed by atoms with Crippen LogP contribution in [0.15, 0.2) is 0 Å². The first kappa shape index (κ1) is 16.6. The molecule has 1 saturated heterocycles. The Balaban J connectivity index is 1.54. The molecule has 0 aromatic carbocycles. The molecular formula is C22H34O3. The molecule has 3 nitrogen and oxygen atoms in total. The first-order valence-corrected chi connectivity index (χ1v) is 10.5. The number of hydrogen-bond acceptors (Lipinski definition) is 3. The lowest BCUT2D eigenvalue weighted by Crippen LogP contribution is -2.58. The van der Waals surface area contributed by atoms with Crippen LogP contribution in [-0.2, 0) is 14.3 Å². The van der Waals surface area contributed by atoms with Gasteiger partial charge in [0.15, 0.2) is 0 Å². The summed E-state index contributed by atoms with van der Waals surface area (Å²) >= 11 is 0. The van der Waals surface area contributed by atoms with Crippen LogP contribution in [0.1, 0.15) is 78.6 Å². The van der Waals surface area contributed by atoms with Crippen LogP contribution in [0.3, 0.4) is 0 Å². The van der Waals surface area contributed by atoms with E-state index in [0.717, 1.165) is 18.9 Å². The van der Waals surface area contributed by atoms with Gasteiger partial charge in [-0.3, -0.25) is 4.79 Å². The van der Waals surface area contributed by atoms with Crippen LogP contribution in [0, 0.1) is 33.5 Å². The van der Waals surface area contributed by atoms with E-state index in [4.69, 9.17) is 9.47 Å². The molecule has 4 saturated carbocycles. The summed E-state index contributed by atoms with van der Waals surface area (Å²) in [4.78, 5) is 12.7. The van der Waals surface area contributed by atoms with Gasteiger partial charge in [0, 0.05) is 0 Å². The van der Waals surface area contributed by atoms with Crippen LogP contribution < -0.4 is 0 Å². The van der Waals surface area contributed by atoms with Gasteiger partial charge in [0.2, 0.25) is 0 Å². The summed E-state index contributed by atoms with van der Waals surface area (Å²) in [6.07, 6.45) is 11.3. The minimum Gasteiger partial charge on any atom is -0.469 e. The molecule has 5 fully saturated rings. The summed E-state index contributed by atoms with van der Waals surface area (Å²) in [5, 5.41) is 0. The van der Waals surface area contributed by atoms with Gasteiger partial charge in [0.1, 0.15) is 0 Å². The first-order valence-electron chi connectivity index (χ1n) is 10.5. The Hall–Kier alpha value is -0.570. The Morgan fingerprint density at radius 3 is 2.40 bits per heavy atom. The van der Waals surface area contributed by atoms with Gasteiger partial charge in [-0.25, -0.2) is 0 Å². The number of epoxide rings is 1. The highest BCUT2D eigenvalue weighted by Crippen LogP contribution is 2.78. The molecule has 4 aliphatic carbocycles. The highest BCUT2D eigenvalue weighted by atomic mass is 16.6. The number of hydrogen-bond donors (Lipinski definition) is 0. The number of carbonyl (C=O) groups excluding carboxylic acids is 1. The normalized spacial score (nSPS) is 59.2. The number of esters is 1. The van der Waals surface area contributed by atoms with E-state index in [1.54, 1.807) is 7.11 Å². The summed E-state index contributed by atoms with van der Waals surface area (Å²) < 4.78 is 11.4. The molecule has 25 heavy (non-hydrogen) atoms. The van der Waals surface area contributed by atoms with Crippen LogP contribution in [0.25, 0.3) is 0 Å². The Kier molecular flexibility index (Phi) is 3.08. The molecule has 1 heterocycles. The predicted molar refractivity (Wildman–Crippen MR) is 96.0 cm³/mol. The van der Waals surface area contributed by atoms with Gasteiger partial charge in [0.25, 0.3) is 0 Å². The van der Waals surface area contributed by atoms with E-state index in [9.17, 15) is 4.79 Å². The second-order valence-corrected chi connectivity index (χ2v) is 11.0. The number of rotatable bonds is 1. The molecule has 1 aliphatic heterocycles. The minimum atomic E-state index is -0.281. The molecule has 5 aliphatic rings. The monoisotopic (exact) mass is 346 g/mol. The van der Waals surface area contributed by atoms with Crippen molar-refractivity contribution in [2.75, 3.05) is 13.7 Å². The number of methoxy groups -OCH3 is 1. The fraction of sp³-hybridized carbons (Fsp3) is 0.955. The molecule has 0 N–H and O–H groups in total. The smallest absolute Gasteiger partial charge is 0.311 e. The van der Waals surface area contributed by atoms with Crippen LogP contribution in [0.5, 0.6) is 0 Å². The average Bonchev–Trinajstić information content (AvgIpc) is 3.31. The summed E-state index contributed by atoms with van der Waals surface area (Å²) in [5.74, 6) is 1.28. The molecular weight excluding hydrogens is 312 g/mol. The number of fused-ring (bicyclic) bond motifs is 4. The Labute approximate surface area is 152 Å². The SMILES string of the molecule is COC(=O)[C@]1(C)CCC[C@@]2(C)C3CC[C@@]4(C)CC3(CCC21)CC41CO1. The zero-order chi connectivity index (χ0) is 17.7. The lowest BCUT2D eigenvalue weighted by Gasteiger charge is -2.64.